The molecule has 2 rings (SSSR count). The van der Waals surface area contributed by atoms with Gasteiger partial charge in [0.25, 0.3) is 0 Å². The van der Waals surface area contributed by atoms with E-state index in [0.29, 0.717) is 19.5 Å². The van der Waals surface area contributed by atoms with Gasteiger partial charge in [-0.05, 0) is 24.1 Å². The van der Waals surface area contributed by atoms with Crippen molar-refractivity contribution in [3.05, 3.63) is 29.8 Å². The summed E-state index contributed by atoms with van der Waals surface area (Å²) < 4.78 is 37.1. The van der Waals surface area contributed by atoms with Gasteiger partial charge in [-0.3, -0.25) is 4.90 Å². The Hall–Kier alpha value is -1.96. The van der Waals surface area contributed by atoms with Gasteiger partial charge in [0.2, 0.25) is 0 Å². The van der Waals surface area contributed by atoms with Crippen molar-refractivity contribution in [2.75, 3.05) is 38.6 Å². The smallest absolute Gasteiger partial charge is 0.378 e. The lowest BCUT2D eigenvalue weighted by Gasteiger charge is -2.18. The minimum Gasteiger partial charge on any atom is -0.378 e. The molecule has 0 radical (unpaired) electrons. The lowest BCUT2D eigenvalue weighted by atomic mass is 10.2. The van der Waals surface area contributed by atoms with E-state index in [0.717, 1.165) is 11.3 Å². The summed E-state index contributed by atoms with van der Waals surface area (Å²) in [5.41, 5.74) is 2.00. The van der Waals surface area contributed by atoms with Crippen LogP contribution in [0.5, 0.6) is 0 Å². The molecule has 134 valence electrons. The molecule has 2 amide bonds. The van der Waals surface area contributed by atoms with Crippen molar-refractivity contribution in [1.82, 2.24) is 15.5 Å². The van der Waals surface area contributed by atoms with Crippen LogP contribution in [-0.4, -0.2) is 56.9 Å². The molecule has 5 nitrogen and oxygen atoms in total. The molecule has 0 aromatic heterocycles. The van der Waals surface area contributed by atoms with Gasteiger partial charge >= 0.3 is 12.2 Å². The average molecular weight is 344 g/mol. The Morgan fingerprint density at radius 2 is 2.12 bits per heavy atom. The lowest BCUT2D eigenvalue weighted by molar-refractivity contribution is -0.143. The van der Waals surface area contributed by atoms with Gasteiger partial charge in [0.05, 0.1) is 6.54 Å². The zero-order valence-corrected chi connectivity index (χ0v) is 13.9. The molecule has 1 fully saturated rings. The van der Waals surface area contributed by atoms with E-state index >= 15 is 0 Å². The topological polar surface area (TPSA) is 47.6 Å². The quantitative estimate of drug-likeness (QED) is 0.861. The summed E-state index contributed by atoms with van der Waals surface area (Å²) in [6, 6.07) is 7.16. The number of carbonyl (C=O) groups excluding carboxylic acids is 1. The number of hydrogen-bond acceptors (Lipinski definition) is 3. The van der Waals surface area contributed by atoms with Gasteiger partial charge in [-0.15, -0.1) is 0 Å². The van der Waals surface area contributed by atoms with Crippen LogP contribution in [-0.2, 0) is 6.54 Å². The Morgan fingerprint density at radius 1 is 1.38 bits per heavy atom. The summed E-state index contributed by atoms with van der Waals surface area (Å²) in [4.78, 5) is 15.2. The number of rotatable bonds is 5. The molecule has 1 unspecified atom stereocenters. The molecule has 0 spiro atoms. The van der Waals surface area contributed by atoms with Crippen molar-refractivity contribution in [3.8, 4) is 0 Å². The van der Waals surface area contributed by atoms with Crippen LogP contribution in [0.15, 0.2) is 24.3 Å². The number of carbonyl (C=O) groups is 1. The predicted octanol–water partition coefficient (Wildman–Crippen LogP) is 2.19. The molecule has 0 saturated carbocycles. The third-order valence-electron chi connectivity index (χ3n) is 3.89. The van der Waals surface area contributed by atoms with Crippen molar-refractivity contribution in [2.24, 2.45) is 0 Å². The maximum absolute atomic E-state index is 12.4. The van der Waals surface area contributed by atoms with Gasteiger partial charge in [-0.1, -0.05) is 12.1 Å². The average Bonchev–Trinajstić information content (AvgIpc) is 2.90. The first-order valence-corrected chi connectivity index (χ1v) is 7.82. The lowest BCUT2D eigenvalue weighted by Crippen LogP contribution is -2.43. The number of hydrogen-bond donors (Lipinski definition) is 2. The van der Waals surface area contributed by atoms with Crippen LogP contribution in [0.4, 0.5) is 23.7 Å². The van der Waals surface area contributed by atoms with Crippen LogP contribution in [0.25, 0.3) is 0 Å². The van der Waals surface area contributed by atoms with Crippen molar-refractivity contribution in [2.45, 2.75) is 25.2 Å². The third-order valence-corrected chi connectivity index (χ3v) is 3.89. The largest absolute Gasteiger partial charge is 0.401 e. The highest BCUT2D eigenvalue weighted by molar-refractivity contribution is 5.74. The maximum atomic E-state index is 12.4. The number of nitrogens with zero attached hydrogens (tertiary/aromatic N) is 2. The van der Waals surface area contributed by atoms with E-state index in [9.17, 15) is 18.0 Å². The zero-order chi connectivity index (χ0) is 17.7. The summed E-state index contributed by atoms with van der Waals surface area (Å²) in [6.45, 7) is 0.00894. The molecule has 0 aliphatic carbocycles. The fourth-order valence-electron chi connectivity index (χ4n) is 2.71. The first-order valence-electron chi connectivity index (χ1n) is 7.82. The van der Waals surface area contributed by atoms with E-state index in [-0.39, 0.29) is 18.6 Å². The summed E-state index contributed by atoms with van der Waals surface area (Å²) in [5.74, 6) is 0. The minimum absolute atomic E-state index is 0.225. The Labute approximate surface area is 139 Å². The van der Waals surface area contributed by atoms with E-state index in [1.165, 1.54) is 4.90 Å². The van der Waals surface area contributed by atoms with Crippen molar-refractivity contribution < 1.29 is 18.0 Å². The van der Waals surface area contributed by atoms with E-state index in [4.69, 9.17) is 0 Å². The van der Waals surface area contributed by atoms with Crippen LogP contribution in [0.3, 0.4) is 0 Å². The second-order valence-corrected chi connectivity index (χ2v) is 6.23. The SMILES string of the molecule is CN(C)c1cccc(CNC(=O)NC2CCN(CC(F)(F)F)C2)c1. The van der Waals surface area contributed by atoms with Crippen LogP contribution < -0.4 is 15.5 Å². The number of nitrogens with one attached hydrogen (secondary N) is 2. The van der Waals surface area contributed by atoms with Gasteiger partial charge in [0.15, 0.2) is 0 Å². The zero-order valence-electron chi connectivity index (χ0n) is 13.9. The standard InChI is InChI=1S/C16H23F3N4O/c1-22(2)14-5-3-4-12(8-14)9-20-15(24)21-13-6-7-23(10-13)11-16(17,18)19/h3-5,8,13H,6-7,9-11H2,1-2H3,(H2,20,21,24). The third kappa shape index (κ3) is 5.92. The van der Waals surface area contributed by atoms with Gasteiger partial charge in [-0.2, -0.15) is 13.2 Å². The Balaban J connectivity index is 1.75. The van der Waals surface area contributed by atoms with E-state index in [1.807, 2.05) is 43.3 Å². The van der Waals surface area contributed by atoms with Crippen molar-refractivity contribution in [3.63, 3.8) is 0 Å². The summed E-state index contributed by atoms with van der Waals surface area (Å²) in [6.07, 6.45) is -3.67. The molecule has 1 heterocycles. The fourth-order valence-corrected chi connectivity index (χ4v) is 2.71. The van der Waals surface area contributed by atoms with Crippen molar-refractivity contribution >= 4 is 11.7 Å². The highest BCUT2D eigenvalue weighted by Gasteiger charge is 2.34. The molecule has 0 bridgehead atoms. The number of halogens is 3. The summed E-state index contributed by atoms with van der Waals surface area (Å²) >= 11 is 0. The van der Waals surface area contributed by atoms with E-state index in [2.05, 4.69) is 10.6 Å². The second kappa shape index (κ2) is 7.74. The first kappa shape index (κ1) is 18.4. The monoisotopic (exact) mass is 344 g/mol. The number of urea groups is 1. The number of likely N-dealkylation sites (tertiary alicyclic amines) is 1. The molecule has 1 atom stereocenters. The van der Waals surface area contributed by atoms with E-state index < -0.39 is 12.7 Å². The van der Waals surface area contributed by atoms with Crippen LogP contribution in [0.1, 0.15) is 12.0 Å². The molecule has 1 saturated heterocycles. The molecular formula is C16H23F3N4O. The van der Waals surface area contributed by atoms with Crippen molar-refractivity contribution in [1.29, 1.82) is 0 Å². The summed E-state index contributed by atoms with van der Waals surface area (Å²) in [7, 11) is 3.87. The second-order valence-electron chi connectivity index (χ2n) is 6.23. The number of anilines is 1. The number of amides is 2. The van der Waals surface area contributed by atoms with Gasteiger partial charge in [0, 0.05) is 45.5 Å². The van der Waals surface area contributed by atoms with Gasteiger partial charge in [0.1, 0.15) is 0 Å². The predicted molar refractivity (Wildman–Crippen MR) is 87.0 cm³/mol. The van der Waals surface area contributed by atoms with Gasteiger partial charge < -0.3 is 15.5 Å². The Kier molecular flexibility index (Phi) is 5.93. The normalized spacial score (nSPS) is 18.5. The Bertz CT molecular complexity index is 562. The number of benzene rings is 1. The molecule has 1 aromatic rings. The van der Waals surface area contributed by atoms with Gasteiger partial charge in [-0.25, -0.2) is 4.79 Å². The van der Waals surface area contributed by atoms with Crippen LogP contribution in [0, 0.1) is 0 Å². The number of alkyl halides is 3. The molecular weight excluding hydrogens is 321 g/mol. The van der Waals surface area contributed by atoms with Crippen LogP contribution in [0.2, 0.25) is 0 Å². The molecule has 1 aromatic carbocycles. The molecule has 1 aliphatic heterocycles. The molecule has 2 N–H and O–H groups in total. The fraction of sp³-hybridized carbons (Fsp3) is 0.562. The molecule has 1 aliphatic rings. The van der Waals surface area contributed by atoms with Crippen LogP contribution >= 0.6 is 0 Å². The maximum Gasteiger partial charge on any atom is 0.401 e. The first-order chi connectivity index (χ1) is 11.2. The molecule has 24 heavy (non-hydrogen) atoms. The highest BCUT2D eigenvalue weighted by Crippen LogP contribution is 2.20. The Morgan fingerprint density at radius 3 is 2.79 bits per heavy atom. The molecule has 8 heteroatoms. The van der Waals surface area contributed by atoms with E-state index in [1.54, 1.807) is 0 Å². The summed E-state index contributed by atoms with van der Waals surface area (Å²) in [5, 5.41) is 5.48. The minimum atomic E-state index is -4.20. The highest BCUT2D eigenvalue weighted by atomic mass is 19.4.